The van der Waals surface area contributed by atoms with E-state index in [2.05, 4.69) is 10.3 Å². The fourth-order valence-electron chi connectivity index (χ4n) is 3.73. The molecule has 3 rings (SSSR count). The van der Waals surface area contributed by atoms with Crippen molar-refractivity contribution in [2.45, 2.75) is 25.3 Å². The number of carbonyl (C=O) groups is 1. The molecule has 8 nitrogen and oxygen atoms in total. The van der Waals surface area contributed by atoms with Crippen LogP contribution < -0.4 is 5.32 Å². The van der Waals surface area contributed by atoms with Crippen molar-refractivity contribution in [3.8, 4) is 0 Å². The van der Waals surface area contributed by atoms with E-state index in [9.17, 15) is 20.0 Å². The molecule has 4 unspecified atom stereocenters. The highest BCUT2D eigenvalue weighted by atomic mass is 16.6. The second-order valence-corrected chi connectivity index (χ2v) is 5.65. The predicted octanol–water partition coefficient (Wildman–Crippen LogP) is 1.24. The maximum absolute atomic E-state index is 11.4. The number of carboxylic acid groups (broad SMARTS) is 1. The Kier molecular flexibility index (Phi) is 2.88. The fraction of sp³-hybridized carbons (Fsp3) is 0.667. The Morgan fingerprint density at radius 2 is 2.25 bits per heavy atom. The van der Waals surface area contributed by atoms with Crippen LogP contribution in [0, 0.1) is 27.9 Å². The van der Waals surface area contributed by atoms with E-state index in [-0.39, 0.29) is 23.7 Å². The lowest BCUT2D eigenvalue weighted by molar-refractivity contribution is -0.388. The van der Waals surface area contributed by atoms with Crippen LogP contribution in [0.1, 0.15) is 19.3 Å². The maximum Gasteiger partial charge on any atom is 0.406 e. The number of nitro groups is 1. The van der Waals surface area contributed by atoms with Crippen LogP contribution in [-0.2, 0) is 11.8 Å². The van der Waals surface area contributed by atoms with Gasteiger partial charge >= 0.3 is 11.8 Å². The molecule has 0 saturated heterocycles. The predicted molar refractivity (Wildman–Crippen MR) is 69.2 cm³/mol. The maximum atomic E-state index is 11.4. The lowest BCUT2D eigenvalue weighted by atomic mass is 9.84. The summed E-state index contributed by atoms with van der Waals surface area (Å²) < 4.78 is 1.53. The summed E-state index contributed by atoms with van der Waals surface area (Å²) in [5.74, 6) is -0.793. The molecular weight excluding hydrogens is 264 g/mol. The van der Waals surface area contributed by atoms with Crippen LogP contribution in [-0.4, -0.2) is 31.6 Å². The van der Waals surface area contributed by atoms with E-state index in [0.717, 1.165) is 19.3 Å². The minimum atomic E-state index is -0.820. The van der Waals surface area contributed by atoms with Gasteiger partial charge in [0.05, 0.1) is 5.92 Å². The second kappa shape index (κ2) is 4.46. The zero-order chi connectivity index (χ0) is 14.4. The van der Waals surface area contributed by atoms with Crippen LogP contribution >= 0.6 is 0 Å². The molecule has 1 heterocycles. The smallest absolute Gasteiger partial charge is 0.406 e. The molecule has 2 aliphatic carbocycles. The number of hydrogen-bond acceptors (Lipinski definition) is 5. The first-order valence-corrected chi connectivity index (χ1v) is 6.64. The molecule has 20 heavy (non-hydrogen) atoms. The number of hydrogen-bond donors (Lipinski definition) is 2. The molecule has 2 saturated carbocycles. The van der Waals surface area contributed by atoms with E-state index in [1.54, 1.807) is 7.05 Å². The van der Waals surface area contributed by atoms with Crippen LogP contribution in [0.15, 0.2) is 6.33 Å². The van der Waals surface area contributed by atoms with Crippen molar-refractivity contribution in [3.63, 3.8) is 0 Å². The average Bonchev–Trinajstić information content (AvgIpc) is 3.04. The summed E-state index contributed by atoms with van der Waals surface area (Å²) in [4.78, 5) is 25.6. The van der Waals surface area contributed by atoms with E-state index in [1.165, 1.54) is 10.9 Å². The third-order valence-electron chi connectivity index (χ3n) is 4.60. The van der Waals surface area contributed by atoms with Gasteiger partial charge in [0.2, 0.25) is 12.1 Å². The Morgan fingerprint density at radius 1 is 1.55 bits per heavy atom. The summed E-state index contributed by atoms with van der Waals surface area (Å²) in [6, 6.07) is -0.250. The van der Waals surface area contributed by atoms with Crippen molar-refractivity contribution in [1.82, 2.24) is 9.55 Å². The van der Waals surface area contributed by atoms with Crippen molar-refractivity contribution in [2.75, 3.05) is 5.32 Å². The molecule has 0 amide bonds. The molecule has 1 aromatic heterocycles. The minimum absolute atomic E-state index is 0.183. The summed E-state index contributed by atoms with van der Waals surface area (Å²) >= 11 is 0. The molecule has 2 fully saturated rings. The summed E-state index contributed by atoms with van der Waals surface area (Å²) in [5, 5.41) is 23.4. The highest BCUT2D eigenvalue weighted by Crippen LogP contribution is 2.49. The molecule has 1 aromatic rings. The standard InChI is InChI=1S/C12H16N4O4/c1-15-5-13-10(16(19)20)11(15)14-9-7-3-2-6(4-7)8(9)12(17)18/h5-9,14H,2-4H2,1H3,(H,17,18). The van der Waals surface area contributed by atoms with Gasteiger partial charge in [0.15, 0.2) is 0 Å². The van der Waals surface area contributed by atoms with Gasteiger partial charge in [0, 0.05) is 13.1 Å². The van der Waals surface area contributed by atoms with Gasteiger partial charge < -0.3 is 20.5 Å². The quantitative estimate of drug-likeness (QED) is 0.634. The first-order valence-electron chi connectivity index (χ1n) is 6.64. The van der Waals surface area contributed by atoms with Crippen molar-refractivity contribution in [2.24, 2.45) is 24.8 Å². The van der Waals surface area contributed by atoms with Gasteiger partial charge in [-0.15, -0.1) is 0 Å². The van der Waals surface area contributed by atoms with Gasteiger partial charge in [-0.25, -0.2) is 0 Å². The van der Waals surface area contributed by atoms with Crippen LogP contribution in [0.25, 0.3) is 0 Å². The number of aromatic nitrogens is 2. The zero-order valence-electron chi connectivity index (χ0n) is 11.0. The van der Waals surface area contributed by atoms with E-state index >= 15 is 0 Å². The number of imidazole rings is 1. The molecule has 4 atom stereocenters. The SMILES string of the molecule is Cn1cnc([N+](=O)[O-])c1NC1C2CCC(C2)C1C(=O)O. The topological polar surface area (TPSA) is 110 Å². The second-order valence-electron chi connectivity index (χ2n) is 5.65. The molecule has 108 valence electrons. The Labute approximate surface area is 115 Å². The third-order valence-corrected chi connectivity index (χ3v) is 4.60. The molecule has 2 aliphatic rings. The Hall–Kier alpha value is -2.12. The molecule has 0 radical (unpaired) electrons. The van der Waals surface area contributed by atoms with Gasteiger partial charge in [-0.3, -0.25) is 9.36 Å². The molecule has 2 bridgehead atoms. The summed E-state index contributed by atoms with van der Waals surface area (Å²) in [5.41, 5.74) is 0. The monoisotopic (exact) mass is 280 g/mol. The minimum Gasteiger partial charge on any atom is -0.481 e. The zero-order valence-corrected chi connectivity index (χ0v) is 11.0. The number of anilines is 1. The van der Waals surface area contributed by atoms with E-state index in [0.29, 0.717) is 5.82 Å². The number of nitrogens with one attached hydrogen (secondary N) is 1. The van der Waals surface area contributed by atoms with Crippen molar-refractivity contribution in [1.29, 1.82) is 0 Å². The van der Waals surface area contributed by atoms with Crippen molar-refractivity contribution in [3.05, 3.63) is 16.4 Å². The summed E-state index contributed by atoms with van der Waals surface area (Å²) in [6.45, 7) is 0. The fourth-order valence-corrected chi connectivity index (χ4v) is 3.73. The molecule has 0 spiro atoms. The lowest BCUT2D eigenvalue weighted by Crippen LogP contribution is -2.39. The third kappa shape index (κ3) is 1.83. The largest absolute Gasteiger partial charge is 0.481 e. The normalized spacial score (nSPS) is 31.4. The van der Waals surface area contributed by atoms with Gasteiger partial charge in [-0.05, 0) is 41.0 Å². The highest BCUT2D eigenvalue weighted by molar-refractivity contribution is 5.73. The summed E-state index contributed by atoms with van der Waals surface area (Å²) in [6.07, 6.45) is 4.18. The number of fused-ring (bicyclic) bond motifs is 2. The highest BCUT2D eigenvalue weighted by Gasteiger charge is 2.51. The molecule has 0 aliphatic heterocycles. The van der Waals surface area contributed by atoms with Crippen molar-refractivity contribution >= 4 is 17.6 Å². The Bertz CT molecular complexity index is 570. The van der Waals surface area contributed by atoms with E-state index in [1.807, 2.05) is 0 Å². The summed E-state index contributed by atoms with van der Waals surface area (Å²) in [7, 11) is 1.66. The molecular formula is C12H16N4O4. The van der Waals surface area contributed by atoms with Crippen LogP contribution in [0.5, 0.6) is 0 Å². The number of aliphatic carboxylic acids is 1. The average molecular weight is 280 g/mol. The molecule has 8 heteroatoms. The number of aryl methyl sites for hydroxylation is 1. The van der Waals surface area contributed by atoms with Gasteiger partial charge in [-0.2, -0.15) is 0 Å². The first kappa shape index (κ1) is 12.9. The van der Waals surface area contributed by atoms with Crippen LogP contribution in [0.4, 0.5) is 11.6 Å². The number of nitrogens with zero attached hydrogens (tertiary/aromatic N) is 3. The van der Waals surface area contributed by atoms with Gasteiger partial charge in [-0.1, -0.05) is 0 Å². The Morgan fingerprint density at radius 3 is 2.90 bits per heavy atom. The van der Waals surface area contributed by atoms with Gasteiger partial charge in [0.25, 0.3) is 0 Å². The number of rotatable bonds is 4. The number of carboxylic acids is 1. The van der Waals surface area contributed by atoms with E-state index < -0.39 is 16.8 Å². The lowest BCUT2D eigenvalue weighted by Gasteiger charge is -2.29. The van der Waals surface area contributed by atoms with E-state index in [4.69, 9.17) is 0 Å². The molecule has 0 aromatic carbocycles. The molecule has 2 N–H and O–H groups in total. The van der Waals surface area contributed by atoms with Crippen LogP contribution in [0.2, 0.25) is 0 Å². The Balaban J connectivity index is 1.89. The van der Waals surface area contributed by atoms with Gasteiger partial charge in [0.1, 0.15) is 0 Å². The van der Waals surface area contributed by atoms with Crippen LogP contribution in [0.3, 0.4) is 0 Å². The first-order chi connectivity index (χ1) is 9.49. The van der Waals surface area contributed by atoms with Crippen molar-refractivity contribution < 1.29 is 14.8 Å².